The highest BCUT2D eigenvalue weighted by Gasteiger charge is 2.37. The number of ketones is 1. The first-order valence-corrected chi connectivity index (χ1v) is 9.27. The molecule has 1 aliphatic rings. The summed E-state index contributed by atoms with van der Waals surface area (Å²) < 4.78 is 5.46. The smallest absolute Gasteiger partial charge is 0.526 e. The molecule has 0 unspecified atom stereocenters. The van der Waals surface area contributed by atoms with E-state index in [4.69, 9.17) is 4.65 Å². The molecule has 0 saturated heterocycles. The third-order valence-corrected chi connectivity index (χ3v) is 5.07. The molecule has 0 fully saturated rings. The predicted molar refractivity (Wildman–Crippen MR) is 108 cm³/mol. The highest BCUT2D eigenvalue weighted by Crippen LogP contribution is 2.36. The number of carboxylic acids is 1. The van der Waals surface area contributed by atoms with Crippen molar-refractivity contribution in [2.45, 2.75) is 18.7 Å². The van der Waals surface area contributed by atoms with Crippen LogP contribution in [0.5, 0.6) is 5.75 Å². The van der Waals surface area contributed by atoms with E-state index in [0.717, 1.165) is 11.3 Å². The second kappa shape index (κ2) is 7.89. The minimum Gasteiger partial charge on any atom is -0.535 e. The van der Waals surface area contributed by atoms with Gasteiger partial charge in [-0.2, -0.15) is 0 Å². The molecule has 0 amide bonds. The lowest BCUT2D eigenvalue weighted by molar-refractivity contribution is 0.0693. The molecule has 2 heterocycles. The molecular formula is C22H18BNO5. The molecular weight excluding hydrogens is 369 g/mol. The number of nitrogens with zero attached hydrogens (tertiary/aromatic N) is 1. The zero-order valence-electron chi connectivity index (χ0n) is 15.5. The Morgan fingerprint density at radius 3 is 2.55 bits per heavy atom. The summed E-state index contributed by atoms with van der Waals surface area (Å²) in [5.41, 5.74) is 2.98. The maximum absolute atomic E-state index is 12.7. The first-order chi connectivity index (χ1) is 14.0. The lowest BCUT2D eigenvalue weighted by Gasteiger charge is -2.28. The Labute approximate surface area is 168 Å². The van der Waals surface area contributed by atoms with E-state index in [1.54, 1.807) is 30.5 Å². The topological polar surface area (TPSA) is 96.7 Å². The van der Waals surface area contributed by atoms with E-state index in [1.807, 2.05) is 30.3 Å². The fourth-order valence-corrected chi connectivity index (χ4v) is 3.54. The predicted octanol–water partition coefficient (Wildman–Crippen LogP) is 3.51. The van der Waals surface area contributed by atoms with E-state index < -0.39 is 18.9 Å². The zero-order chi connectivity index (χ0) is 20.4. The second-order valence-electron chi connectivity index (χ2n) is 6.99. The quantitative estimate of drug-likeness (QED) is 0.514. The molecule has 29 heavy (non-hydrogen) atoms. The molecule has 2 aromatic carbocycles. The first kappa shape index (κ1) is 18.9. The summed E-state index contributed by atoms with van der Waals surface area (Å²) in [6.45, 7) is 0. The average Bonchev–Trinajstić information content (AvgIpc) is 2.74. The number of aromatic carboxylic acids is 1. The van der Waals surface area contributed by atoms with Gasteiger partial charge in [-0.3, -0.25) is 9.78 Å². The first-order valence-electron chi connectivity index (χ1n) is 9.27. The van der Waals surface area contributed by atoms with Crippen LogP contribution in [0.2, 0.25) is 5.82 Å². The van der Waals surface area contributed by atoms with Crippen molar-refractivity contribution in [1.82, 2.24) is 4.98 Å². The number of aromatic nitrogens is 1. The largest absolute Gasteiger partial charge is 0.535 e. The number of Topliss-reactive ketones (excluding diaryl/α,β-unsaturated/α-hetero) is 1. The molecule has 6 nitrogen and oxygen atoms in total. The minimum absolute atomic E-state index is 0.0106. The van der Waals surface area contributed by atoms with E-state index in [-0.39, 0.29) is 23.5 Å². The van der Waals surface area contributed by atoms with Crippen molar-refractivity contribution < 1.29 is 24.4 Å². The summed E-state index contributed by atoms with van der Waals surface area (Å²) in [5, 5.41) is 19.6. The third-order valence-electron chi connectivity index (χ3n) is 5.07. The van der Waals surface area contributed by atoms with E-state index >= 15 is 0 Å². The Hall–Kier alpha value is -3.45. The van der Waals surface area contributed by atoms with Crippen LogP contribution in [0.15, 0.2) is 66.9 Å². The lowest BCUT2D eigenvalue weighted by Crippen LogP contribution is -2.35. The number of benzene rings is 2. The third kappa shape index (κ3) is 3.91. The Kier molecular flexibility index (Phi) is 5.14. The Bertz CT molecular complexity index is 1050. The Morgan fingerprint density at radius 1 is 1.07 bits per heavy atom. The highest BCUT2D eigenvalue weighted by atomic mass is 16.5. The zero-order valence-corrected chi connectivity index (χ0v) is 15.5. The van der Waals surface area contributed by atoms with Gasteiger partial charge in [0.1, 0.15) is 5.75 Å². The number of hydrogen-bond acceptors (Lipinski definition) is 5. The number of hydrogen-bond donors (Lipinski definition) is 2. The van der Waals surface area contributed by atoms with Crippen molar-refractivity contribution >= 4 is 18.9 Å². The van der Waals surface area contributed by atoms with Crippen LogP contribution in [0.3, 0.4) is 0 Å². The van der Waals surface area contributed by atoms with Gasteiger partial charge in [0.05, 0.1) is 11.3 Å². The molecule has 4 rings (SSSR count). The summed E-state index contributed by atoms with van der Waals surface area (Å²) in [6, 6.07) is 17.7. The van der Waals surface area contributed by atoms with Gasteiger partial charge in [-0.05, 0) is 30.2 Å². The van der Waals surface area contributed by atoms with Crippen molar-refractivity contribution in [1.29, 1.82) is 0 Å². The molecule has 0 saturated carbocycles. The summed E-state index contributed by atoms with van der Waals surface area (Å²) in [5.74, 6) is -1.50. The van der Waals surface area contributed by atoms with Crippen LogP contribution in [-0.4, -0.2) is 34.0 Å². The molecule has 144 valence electrons. The van der Waals surface area contributed by atoms with E-state index in [0.29, 0.717) is 17.5 Å². The van der Waals surface area contributed by atoms with Crippen LogP contribution < -0.4 is 4.65 Å². The van der Waals surface area contributed by atoms with Gasteiger partial charge in [0.15, 0.2) is 5.78 Å². The molecule has 0 bridgehead atoms. The number of rotatable bonds is 5. The van der Waals surface area contributed by atoms with Crippen molar-refractivity contribution in [2.75, 3.05) is 0 Å². The van der Waals surface area contributed by atoms with Crippen molar-refractivity contribution in [3.05, 3.63) is 83.6 Å². The van der Waals surface area contributed by atoms with Crippen molar-refractivity contribution in [3.63, 3.8) is 0 Å². The number of para-hydroxylation sites is 1. The van der Waals surface area contributed by atoms with Crippen LogP contribution in [0.4, 0.5) is 0 Å². The van der Waals surface area contributed by atoms with Crippen LogP contribution in [0.1, 0.15) is 32.7 Å². The SMILES string of the molecule is O=C(C[C@H]1Cc2cccc(C(=O)O)c2OB1O)c1ccc(-c2ccccn2)cc1. The van der Waals surface area contributed by atoms with Gasteiger partial charge in [0.2, 0.25) is 0 Å². The molecule has 0 aliphatic carbocycles. The summed E-state index contributed by atoms with van der Waals surface area (Å²) in [6.07, 6.45) is 2.18. The van der Waals surface area contributed by atoms with Crippen molar-refractivity contribution in [2.24, 2.45) is 0 Å². The molecule has 1 aromatic heterocycles. The van der Waals surface area contributed by atoms with E-state index in [2.05, 4.69) is 4.98 Å². The maximum Gasteiger partial charge on any atom is 0.526 e. The molecule has 2 N–H and O–H groups in total. The average molecular weight is 387 g/mol. The monoisotopic (exact) mass is 387 g/mol. The molecule has 0 spiro atoms. The second-order valence-corrected chi connectivity index (χ2v) is 6.99. The minimum atomic E-state index is -1.24. The van der Waals surface area contributed by atoms with Gasteiger partial charge in [-0.15, -0.1) is 0 Å². The lowest BCUT2D eigenvalue weighted by atomic mass is 9.64. The van der Waals surface area contributed by atoms with Gasteiger partial charge in [-0.25, -0.2) is 4.79 Å². The van der Waals surface area contributed by atoms with Crippen LogP contribution in [0.25, 0.3) is 11.3 Å². The van der Waals surface area contributed by atoms with Crippen molar-refractivity contribution in [3.8, 4) is 17.0 Å². The molecule has 7 heteroatoms. The number of pyridine rings is 1. The molecule has 3 aromatic rings. The number of carbonyl (C=O) groups excluding carboxylic acids is 1. The summed E-state index contributed by atoms with van der Waals surface area (Å²) in [4.78, 5) is 28.3. The molecule has 0 radical (unpaired) electrons. The normalized spacial score (nSPS) is 15.3. The van der Waals surface area contributed by atoms with Gasteiger partial charge in [0, 0.05) is 29.6 Å². The molecule has 1 atom stereocenters. The summed E-state index contributed by atoms with van der Waals surface area (Å²) >= 11 is 0. The van der Waals surface area contributed by atoms with Crippen LogP contribution >= 0.6 is 0 Å². The van der Waals surface area contributed by atoms with Gasteiger partial charge >= 0.3 is 13.1 Å². The van der Waals surface area contributed by atoms with Gasteiger partial charge in [0.25, 0.3) is 0 Å². The van der Waals surface area contributed by atoms with Crippen LogP contribution in [-0.2, 0) is 6.42 Å². The van der Waals surface area contributed by atoms with Crippen LogP contribution in [0, 0.1) is 0 Å². The summed E-state index contributed by atoms with van der Waals surface area (Å²) in [7, 11) is -1.24. The van der Waals surface area contributed by atoms with E-state index in [9.17, 15) is 19.7 Å². The fourth-order valence-electron chi connectivity index (χ4n) is 3.54. The van der Waals surface area contributed by atoms with Gasteiger partial charge in [-0.1, -0.05) is 42.5 Å². The number of carbonyl (C=O) groups is 2. The molecule has 1 aliphatic heterocycles. The van der Waals surface area contributed by atoms with Gasteiger partial charge < -0.3 is 14.8 Å². The fraction of sp³-hybridized carbons (Fsp3) is 0.136. The number of carboxylic acid groups (broad SMARTS) is 1. The maximum atomic E-state index is 12.7. The standard InChI is InChI=1S/C22H18BNO5/c25-20(15-9-7-14(8-10-15)19-6-1-2-11-24-19)13-17-12-16-4-3-5-18(22(26)27)21(16)29-23(17)28/h1-11,17,28H,12-13H2,(H,26,27)/t17-/m1/s1. The Balaban J connectivity index is 1.49. The van der Waals surface area contributed by atoms with E-state index in [1.165, 1.54) is 6.07 Å². The highest BCUT2D eigenvalue weighted by molar-refractivity contribution is 6.47. The number of fused-ring (bicyclic) bond motifs is 1. The Morgan fingerprint density at radius 2 is 1.86 bits per heavy atom.